The van der Waals surface area contributed by atoms with E-state index >= 15 is 0 Å². The summed E-state index contributed by atoms with van der Waals surface area (Å²) in [5.74, 6) is 1.23. The van der Waals surface area contributed by atoms with Gasteiger partial charge in [0, 0.05) is 12.2 Å². The van der Waals surface area contributed by atoms with Crippen molar-refractivity contribution < 1.29 is 4.52 Å². The van der Waals surface area contributed by atoms with Gasteiger partial charge in [-0.2, -0.15) is 4.98 Å². The van der Waals surface area contributed by atoms with Gasteiger partial charge in [0.15, 0.2) is 5.82 Å². The number of unbranched alkanes of at least 4 members (excludes halogenated alkanes) is 1. The lowest BCUT2D eigenvalue weighted by Gasteiger charge is -2.08. The summed E-state index contributed by atoms with van der Waals surface area (Å²) in [5, 5.41) is 7.21. The Morgan fingerprint density at radius 3 is 2.82 bits per heavy atom. The molecule has 0 saturated carbocycles. The molecule has 4 heteroatoms. The van der Waals surface area contributed by atoms with Crippen LogP contribution in [0.15, 0.2) is 28.8 Å². The molecule has 0 aliphatic rings. The van der Waals surface area contributed by atoms with Crippen LogP contribution in [-0.4, -0.2) is 16.7 Å². The number of aryl methyl sites for hydroxylation is 1. The van der Waals surface area contributed by atoms with E-state index in [0.29, 0.717) is 11.7 Å². The number of aromatic nitrogens is 2. The van der Waals surface area contributed by atoms with E-state index in [2.05, 4.69) is 22.4 Å². The molecule has 17 heavy (non-hydrogen) atoms. The van der Waals surface area contributed by atoms with Crippen LogP contribution in [-0.2, 0) is 0 Å². The van der Waals surface area contributed by atoms with E-state index in [-0.39, 0.29) is 0 Å². The third kappa shape index (κ3) is 2.84. The zero-order chi connectivity index (χ0) is 12.1. The molecule has 0 amide bonds. The molecule has 0 saturated heterocycles. The Labute approximate surface area is 101 Å². The third-order valence-electron chi connectivity index (χ3n) is 2.53. The molecule has 1 aromatic heterocycles. The summed E-state index contributed by atoms with van der Waals surface area (Å²) in [6.45, 7) is 4.95. The number of hydrogen-bond acceptors (Lipinski definition) is 4. The summed E-state index contributed by atoms with van der Waals surface area (Å²) in [6.07, 6.45) is 2.33. The molecule has 1 aromatic carbocycles. The van der Waals surface area contributed by atoms with Crippen LogP contribution in [0, 0.1) is 6.92 Å². The van der Waals surface area contributed by atoms with Gasteiger partial charge in [-0.1, -0.05) is 30.6 Å². The lowest BCUT2D eigenvalue weighted by molar-refractivity contribution is 0.426. The fourth-order valence-corrected chi connectivity index (χ4v) is 1.63. The van der Waals surface area contributed by atoms with Gasteiger partial charge in [-0.15, -0.1) is 0 Å². The fraction of sp³-hybridized carbons (Fsp3) is 0.385. The molecule has 2 aromatic rings. The Kier molecular flexibility index (Phi) is 3.75. The molecule has 0 fully saturated rings. The average molecular weight is 231 g/mol. The quantitative estimate of drug-likeness (QED) is 0.802. The van der Waals surface area contributed by atoms with Gasteiger partial charge in [-0.05, 0) is 25.5 Å². The van der Waals surface area contributed by atoms with Crippen LogP contribution < -0.4 is 5.32 Å². The first kappa shape index (κ1) is 11.6. The van der Waals surface area contributed by atoms with Crippen LogP contribution in [0.5, 0.6) is 0 Å². The SMILES string of the molecule is CCCCNc1ccccc1-c1nc(C)no1. The number of hydrogen-bond donors (Lipinski definition) is 1. The minimum atomic E-state index is 0.571. The third-order valence-corrected chi connectivity index (χ3v) is 2.53. The van der Waals surface area contributed by atoms with E-state index < -0.39 is 0 Å². The second-order valence-electron chi connectivity index (χ2n) is 3.97. The van der Waals surface area contributed by atoms with Gasteiger partial charge in [0.1, 0.15) is 0 Å². The molecule has 0 bridgehead atoms. The highest BCUT2D eigenvalue weighted by Gasteiger charge is 2.10. The molecule has 0 aliphatic heterocycles. The first-order valence-electron chi connectivity index (χ1n) is 5.95. The zero-order valence-corrected chi connectivity index (χ0v) is 10.2. The predicted octanol–water partition coefficient (Wildman–Crippen LogP) is 3.26. The smallest absolute Gasteiger partial charge is 0.260 e. The van der Waals surface area contributed by atoms with Crippen molar-refractivity contribution in [1.82, 2.24) is 10.1 Å². The second-order valence-corrected chi connectivity index (χ2v) is 3.97. The van der Waals surface area contributed by atoms with Gasteiger partial charge in [0.25, 0.3) is 5.89 Å². The van der Waals surface area contributed by atoms with E-state index in [1.165, 1.54) is 6.42 Å². The topological polar surface area (TPSA) is 51.0 Å². The molecule has 0 atom stereocenters. The van der Waals surface area contributed by atoms with Crippen LogP contribution in [0.1, 0.15) is 25.6 Å². The van der Waals surface area contributed by atoms with Crippen molar-refractivity contribution in [3.05, 3.63) is 30.1 Å². The van der Waals surface area contributed by atoms with Crippen molar-refractivity contribution in [3.63, 3.8) is 0 Å². The molecule has 1 heterocycles. The number of nitrogens with zero attached hydrogens (tertiary/aromatic N) is 2. The lowest BCUT2D eigenvalue weighted by atomic mass is 10.1. The normalized spacial score (nSPS) is 10.5. The van der Waals surface area contributed by atoms with E-state index in [1.54, 1.807) is 0 Å². The summed E-state index contributed by atoms with van der Waals surface area (Å²) < 4.78 is 5.20. The molecular weight excluding hydrogens is 214 g/mol. The first-order valence-corrected chi connectivity index (χ1v) is 5.95. The number of anilines is 1. The summed E-state index contributed by atoms with van der Waals surface area (Å²) in [4.78, 5) is 4.25. The largest absolute Gasteiger partial charge is 0.384 e. The van der Waals surface area contributed by atoms with Crippen molar-refractivity contribution >= 4 is 5.69 Å². The fourth-order valence-electron chi connectivity index (χ4n) is 1.63. The Morgan fingerprint density at radius 1 is 1.29 bits per heavy atom. The molecule has 0 unspecified atom stereocenters. The van der Waals surface area contributed by atoms with Crippen LogP contribution in [0.3, 0.4) is 0 Å². The van der Waals surface area contributed by atoms with Gasteiger partial charge < -0.3 is 9.84 Å². The van der Waals surface area contributed by atoms with Crippen molar-refractivity contribution in [1.29, 1.82) is 0 Å². The summed E-state index contributed by atoms with van der Waals surface area (Å²) in [5.41, 5.74) is 2.01. The molecule has 90 valence electrons. The van der Waals surface area contributed by atoms with Crippen molar-refractivity contribution in [2.75, 3.05) is 11.9 Å². The Balaban J connectivity index is 2.21. The molecule has 4 nitrogen and oxygen atoms in total. The number of rotatable bonds is 5. The Bertz CT molecular complexity index is 479. The molecule has 2 rings (SSSR count). The molecule has 0 spiro atoms. The van der Waals surface area contributed by atoms with E-state index in [1.807, 2.05) is 31.2 Å². The first-order chi connectivity index (χ1) is 8.31. The van der Waals surface area contributed by atoms with Crippen LogP contribution in [0.4, 0.5) is 5.69 Å². The van der Waals surface area contributed by atoms with Crippen LogP contribution in [0.2, 0.25) is 0 Å². The zero-order valence-electron chi connectivity index (χ0n) is 10.2. The maximum absolute atomic E-state index is 5.20. The Hall–Kier alpha value is -1.84. The van der Waals surface area contributed by atoms with Gasteiger partial charge in [0.05, 0.1) is 5.56 Å². The average Bonchev–Trinajstić information content (AvgIpc) is 2.77. The van der Waals surface area contributed by atoms with Gasteiger partial charge in [-0.25, -0.2) is 0 Å². The van der Waals surface area contributed by atoms with Gasteiger partial charge in [0.2, 0.25) is 0 Å². The van der Waals surface area contributed by atoms with Crippen LogP contribution >= 0.6 is 0 Å². The summed E-state index contributed by atoms with van der Waals surface area (Å²) >= 11 is 0. The van der Waals surface area contributed by atoms with E-state index in [4.69, 9.17) is 4.52 Å². The number of para-hydroxylation sites is 1. The highest BCUT2D eigenvalue weighted by atomic mass is 16.5. The molecular formula is C13H17N3O. The van der Waals surface area contributed by atoms with Crippen molar-refractivity contribution in [2.45, 2.75) is 26.7 Å². The lowest BCUT2D eigenvalue weighted by Crippen LogP contribution is -2.02. The monoisotopic (exact) mass is 231 g/mol. The van der Waals surface area contributed by atoms with Crippen molar-refractivity contribution in [3.8, 4) is 11.5 Å². The second kappa shape index (κ2) is 5.48. The minimum absolute atomic E-state index is 0.571. The number of benzene rings is 1. The number of nitrogens with one attached hydrogen (secondary N) is 1. The van der Waals surface area contributed by atoms with Gasteiger partial charge >= 0.3 is 0 Å². The molecule has 0 radical (unpaired) electrons. The maximum Gasteiger partial charge on any atom is 0.260 e. The highest BCUT2D eigenvalue weighted by molar-refractivity contribution is 5.72. The van der Waals surface area contributed by atoms with Gasteiger partial charge in [-0.3, -0.25) is 0 Å². The predicted molar refractivity (Wildman–Crippen MR) is 67.9 cm³/mol. The van der Waals surface area contributed by atoms with Crippen LogP contribution in [0.25, 0.3) is 11.5 Å². The highest BCUT2D eigenvalue weighted by Crippen LogP contribution is 2.26. The summed E-state index contributed by atoms with van der Waals surface area (Å²) in [6, 6.07) is 7.99. The molecule has 0 aliphatic carbocycles. The van der Waals surface area contributed by atoms with E-state index in [0.717, 1.165) is 24.2 Å². The maximum atomic E-state index is 5.20. The minimum Gasteiger partial charge on any atom is -0.384 e. The van der Waals surface area contributed by atoms with E-state index in [9.17, 15) is 0 Å². The van der Waals surface area contributed by atoms with Crippen molar-refractivity contribution in [2.24, 2.45) is 0 Å². The summed E-state index contributed by atoms with van der Waals surface area (Å²) in [7, 11) is 0. The molecule has 1 N–H and O–H groups in total. The Morgan fingerprint density at radius 2 is 2.12 bits per heavy atom. The standard InChI is InChI=1S/C13H17N3O/c1-3-4-9-14-12-8-6-5-7-11(12)13-15-10(2)16-17-13/h5-8,14H,3-4,9H2,1-2H3.